The molecule has 2 aliphatic rings. The minimum absolute atomic E-state index is 0.0394. The highest BCUT2D eigenvalue weighted by Crippen LogP contribution is 2.40. The third-order valence-corrected chi connectivity index (χ3v) is 5.21. The number of Topliss-reactive ketones (excluding diaryl/α,β-unsaturated/α-hetero) is 1. The number of carbonyl (C=O) groups excluding carboxylic acids is 2. The van der Waals surface area contributed by atoms with E-state index < -0.39 is 0 Å². The lowest BCUT2D eigenvalue weighted by Gasteiger charge is -2.36. The minimum Gasteiger partial charge on any atom is -0.327 e. The summed E-state index contributed by atoms with van der Waals surface area (Å²) in [5.74, 6) is 0.553. The molecule has 0 saturated heterocycles. The van der Waals surface area contributed by atoms with E-state index in [9.17, 15) is 9.59 Å². The fraction of sp³-hybridized carbons (Fsp3) is 0.643. The maximum Gasteiger partial charge on any atom is 0.251 e. The molecule has 0 aliphatic heterocycles. The van der Waals surface area contributed by atoms with Gasteiger partial charge in [-0.15, -0.1) is 11.3 Å². The summed E-state index contributed by atoms with van der Waals surface area (Å²) in [5.41, 5.74) is 0. The van der Waals surface area contributed by atoms with Crippen molar-refractivity contribution in [1.29, 1.82) is 0 Å². The van der Waals surface area contributed by atoms with Gasteiger partial charge in [0, 0.05) is 36.4 Å². The van der Waals surface area contributed by atoms with Gasteiger partial charge in [-0.25, -0.2) is 0 Å². The number of aryl methyl sites for hydroxylation is 1. The number of ketones is 1. The van der Waals surface area contributed by atoms with E-state index in [1.807, 2.05) is 23.2 Å². The van der Waals surface area contributed by atoms with Crippen LogP contribution in [0, 0.1) is 17.8 Å². The molecule has 2 fully saturated rings. The molecule has 0 N–H and O–H groups in total. The van der Waals surface area contributed by atoms with Crippen LogP contribution in [0.3, 0.4) is 0 Å². The van der Waals surface area contributed by atoms with Crippen molar-refractivity contribution in [2.24, 2.45) is 29.8 Å². The number of rotatable bonds is 1. The predicted molar refractivity (Wildman–Crippen MR) is 72.4 cm³/mol. The molecular weight excluding hydrogens is 260 g/mol. The van der Waals surface area contributed by atoms with Crippen LogP contribution < -0.4 is 4.80 Å². The summed E-state index contributed by atoms with van der Waals surface area (Å²) >= 11 is 1.47. The number of hydrogen-bond acceptors (Lipinski definition) is 3. The van der Waals surface area contributed by atoms with Crippen LogP contribution in [-0.2, 0) is 16.6 Å². The molecule has 1 aromatic heterocycles. The molecule has 1 amide bonds. The Morgan fingerprint density at radius 1 is 1.37 bits per heavy atom. The molecule has 2 aliphatic carbocycles. The Labute approximate surface area is 116 Å². The highest BCUT2D eigenvalue weighted by molar-refractivity contribution is 7.07. The van der Waals surface area contributed by atoms with E-state index in [4.69, 9.17) is 0 Å². The van der Waals surface area contributed by atoms with Crippen molar-refractivity contribution >= 4 is 23.0 Å². The third-order valence-electron chi connectivity index (χ3n) is 4.36. The van der Waals surface area contributed by atoms with Crippen molar-refractivity contribution in [1.82, 2.24) is 4.57 Å². The summed E-state index contributed by atoms with van der Waals surface area (Å²) in [7, 11) is 1.89. The van der Waals surface area contributed by atoms with Crippen molar-refractivity contribution in [3.05, 3.63) is 16.4 Å². The van der Waals surface area contributed by atoms with Crippen LogP contribution in [0.15, 0.2) is 16.6 Å². The van der Waals surface area contributed by atoms with Gasteiger partial charge in [0.2, 0.25) is 0 Å². The first-order chi connectivity index (χ1) is 9.15. The molecule has 4 nitrogen and oxygen atoms in total. The van der Waals surface area contributed by atoms with Gasteiger partial charge in [-0.1, -0.05) is 6.42 Å². The maximum atomic E-state index is 12.3. The van der Waals surface area contributed by atoms with Gasteiger partial charge >= 0.3 is 0 Å². The molecule has 0 aromatic carbocycles. The first-order valence-electron chi connectivity index (χ1n) is 6.87. The van der Waals surface area contributed by atoms with Crippen molar-refractivity contribution in [3.63, 3.8) is 0 Å². The molecular formula is C14H18N2O2S. The van der Waals surface area contributed by atoms with E-state index in [0.29, 0.717) is 18.6 Å². The highest BCUT2D eigenvalue weighted by atomic mass is 32.1. The quantitative estimate of drug-likeness (QED) is 0.788. The molecule has 2 saturated carbocycles. The molecule has 0 spiro atoms. The van der Waals surface area contributed by atoms with Gasteiger partial charge < -0.3 is 4.57 Å². The van der Waals surface area contributed by atoms with Crippen LogP contribution in [-0.4, -0.2) is 16.3 Å². The van der Waals surface area contributed by atoms with Gasteiger partial charge in [0.1, 0.15) is 5.78 Å². The van der Waals surface area contributed by atoms with Crippen LogP contribution in [0.2, 0.25) is 0 Å². The predicted octanol–water partition coefficient (Wildman–Crippen LogP) is 1.91. The lowest BCUT2D eigenvalue weighted by Crippen LogP contribution is -2.39. The van der Waals surface area contributed by atoms with E-state index in [1.165, 1.54) is 11.3 Å². The van der Waals surface area contributed by atoms with Gasteiger partial charge in [-0.05, 0) is 25.7 Å². The molecule has 0 radical (unpaired) electrons. The first-order valence-corrected chi connectivity index (χ1v) is 7.75. The number of fused-ring (bicyclic) bond motifs is 2. The second kappa shape index (κ2) is 5.04. The summed E-state index contributed by atoms with van der Waals surface area (Å²) in [4.78, 5) is 29.2. The molecule has 2 atom stereocenters. The van der Waals surface area contributed by atoms with Crippen molar-refractivity contribution in [3.8, 4) is 0 Å². The fourth-order valence-electron chi connectivity index (χ4n) is 3.30. The van der Waals surface area contributed by atoms with Crippen LogP contribution in [0.4, 0.5) is 0 Å². The summed E-state index contributed by atoms with van der Waals surface area (Å²) in [5, 5.41) is 1.92. The third kappa shape index (κ3) is 2.43. The molecule has 2 unspecified atom stereocenters. The topological polar surface area (TPSA) is 51.4 Å². The Hall–Kier alpha value is -1.23. The summed E-state index contributed by atoms with van der Waals surface area (Å²) in [6, 6.07) is 0. The highest BCUT2D eigenvalue weighted by Gasteiger charge is 2.41. The van der Waals surface area contributed by atoms with Crippen molar-refractivity contribution < 1.29 is 9.59 Å². The summed E-state index contributed by atoms with van der Waals surface area (Å²) in [6.07, 6.45) is 6.40. The lowest BCUT2D eigenvalue weighted by atomic mass is 9.67. The number of aromatic nitrogens is 1. The average Bonchev–Trinajstić information content (AvgIpc) is 2.74. The van der Waals surface area contributed by atoms with Crippen LogP contribution in [0.25, 0.3) is 0 Å². The van der Waals surface area contributed by atoms with Crippen molar-refractivity contribution in [2.75, 3.05) is 0 Å². The van der Waals surface area contributed by atoms with Crippen LogP contribution in [0.1, 0.15) is 32.1 Å². The van der Waals surface area contributed by atoms with E-state index in [1.54, 1.807) is 0 Å². The molecule has 5 heteroatoms. The molecule has 3 rings (SSSR count). The zero-order valence-electron chi connectivity index (χ0n) is 11.0. The number of thiazole rings is 1. The average molecular weight is 278 g/mol. The number of amides is 1. The normalized spacial score (nSPS) is 31.5. The SMILES string of the molecule is Cn1ccsc1=NC(=O)C1CC2CCCC(C1)C2=O. The zero-order valence-corrected chi connectivity index (χ0v) is 11.9. The Kier molecular flexibility index (Phi) is 3.39. The van der Waals surface area contributed by atoms with Gasteiger partial charge in [0.05, 0.1) is 0 Å². The second-order valence-electron chi connectivity index (χ2n) is 5.64. The molecule has 19 heavy (non-hydrogen) atoms. The maximum absolute atomic E-state index is 12.3. The largest absolute Gasteiger partial charge is 0.327 e. The van der Waals surface area contributed by atoms with E-state index >= 15 is 0 Å². The molecule has 2 bridgehead atoms. The Balaban J connectivity index is 1.79. The summed E-state index contributed by atoms with van der Waals surface area (Å²) in [6.45, 7) is 0. The number of nitrogens with zero attached hydrogens (tertiary/aromatic N) is 2. The summed E-state index contributed by atoms with van der Waals surface area (Å²) < 4.78 is 1.86. The fourth-order valence-corrected chi connectivity index (χ4v) is 4.04. The van der Waals surface area contributed by atoms with E-state index in [-0.39, 0.29) is 23.7 Å². The zero-order chi connectivity index (χ0) is 13.4. The second-order valence-corrected chi connectivity index (χ2v) is 6.51. The standard InChI is InChI=1S/C14H18N2O2S/c1-16-5-6-19-14(16)15-13(18)11-7-9-3-2-4-10(8-11)12(9)17/h5-6,9-11H,2-4,7-8H2,1H3. The van der Waals surface area contributed by atoms with Gasteiger partial charge in [0.25, 0.3) is 5.91 Å². The van der Waals surface area contributed by atoms with Gasteiger partial charge in [0.15, 0.2) is 4.80 Å². The van der Waals surface area contributed by atoms with Crippen molar-refractivity contribution in [2.45, 2.75) is 32.1 Å². The Morgan fingerprint density at radius 3 is 2.63 bits per heavy atom. The number of carbonyl (C=O) groups is 2. The van der Waals surface area contributed by atoms with Gasteiger partial charge in [-0.2, -0.15) is 4.99 Å². The van der Waals surface area contributed by atoms with E-state index in [0.717, 1.165) is 24.1 Å². The van der Waals surface area contributed by atoms with Crippen LogP contribution >= 0.6 is 11.3 Å². The van der Waals surface area contributed by atoms with Gasteiger partial charge in [-0.3, -0.25) is 9.59 Å². The Bertz CT molecular complexity index is 556. The smallest absolute Gasteiger partial charge is 0.251 e. The number of hydrogen-bond donors (Lipinski definition) is 0. The first kappa shape index (κ1) is 12.8. The monoisotopic (exact) mass is 278 g/mol. The molecule has 102 valence electrons. The lowest BCUT2D eigenvalue weighted by molar-refractivity contribution is -0.136. The van der Waals surface area contributed by atoms with E-state index in [2.05, 4.69) is 4.99 Å². The molecule has 1 heterocycles. The minimum atomic E-state index is -0.0462. The Morgan fingerprint density at radius 2 is 2.05 bits per heavy atom. The molecule has 1 aromatic rings. The van der Waals surface area contributed by atoms with Crippen LogP contribution in [0.5, 0.6) is 0 Å².